The molecule has 172 valence electrons. The molecule has 3 aromatic rings. The molecule has 1 aliphatic rings. The number of carbonyl (C=O) groups is 1. The van der Waals surface area contributed by atoms with E-state index in [0.717, 1.165) is 21.8 Å². The van der Waals surface area contributed by atoms with Crippen LogP contribution in [0.1, 0.15) is 15.9 Å². The Morgan fingerprint density at radius 2 is 1.73 bits per heavy atom. The van der Waals surface area contributed by atoms with Gasteiger partial charge in [0.1, 0.15) is 23.9 Å². The maximum Gasteiger partial charge on any atom is 0.251 e. The Kier molecular flexibility index (Phi) is 6.84. The first-order valence-corrected chi connectivity index (χ1v) is 12.0. The summed E-state index contributed by atoms with van der Waals surface area (Å²) in [6.45, 7) is 1.53. The van der Waals surface area contributed by atoms with E-state index in [9.17, 15) is 9.00 Å². The predicted octanol–water partition coefficient (Wildman–Crippen LogP) is 3.90. The number of ether oxygens (including phenoxy) is 3. The Morgan fingerprint density at radius 1 is 1.03 bits per heavy atom. The molecule has 0 fully saturated rings. The lowest BCUT2D eigenvalue weighted by molar-refractivity contribution is 0.0950. The Morgan fingerprint density at radius 3 is 2.36 bits per heavy atom. The number of nitrogens with one attached hydrogen (secondary N) is 1. The Balaban J connectivity index is 1.51. The van der Waals surface area contributed by atoms with Gasteiger partial charge in [0.05, 0.1) is 26.5 Å². The van der Waals surface area contributed by atoms with Crippen LogP contribution in [0, 0.1) is 0 Å². The zero-order valence-electron chi connectivity index (χ0n) is 18.8. The van der Waals surface area contributed by atoms with E-state index in [2.05, 4.69) is 10.2 Å². The van der Waals surface area contributed by atoms with Crippen LogP contribution >= 0.6 is 0 Å². The van der Waals surface area contributed by atoms with E-state index in [1.54, 1.807) is 32.6 Å². The van der Waals surface area contributed by atoms with E-state index in [1.807, 2.05) is 48.5 Å². The normalized spacial score (nSPS) is 13.5. The molecular weight excluding hydrogens is 440 g/mol. The van der Waals surface area contributed by atoms with Gasteiger partial charge in [-0.25, -0.2) is 0 Å². The molecule has 1 amide bonds. The summed E-state index contributed by atoms with van der Waals surface area (Å²) in [5.74, 6) is 1.85. The van der Waals surface area contributed by atoms with Crippen molar-refractivity contribution in [1.29, 1.82) is 0 Å². The zero-order chi connectivity index (χ0) is 23.4. The smallest absolute Gasteiger partial charge is 0.251 e. The van der Waals surface area contributed by atoms with Gasteiger partial charge in [-0.3, -0.25) is 9.00 Å². The summed E-state index contributed by atoms with van der Waals surface area (Å²) in [7, 11) is 2.22. The maximum absolute atomic E-state index is 12.7. The van der Waals surface area contributed by atoms with E-state index < -0.39 is 10.8 Å². The number of fused-ring (bicyclic) bond motifs is 1. The summed E-state index contributed by atoms with van der Waals surface area (Å²) < 4.78 is 28.2. The molecule has 7 nitrogen and oxygen atoms in total. The number of hydrogen-bond donors (Lipinski definition) is 1. The molecule has 4 rings (SSSR count). The van der Waals surface area contributed by atoms with Gasteiger partial charge in [-0.1, -0.05) is 12.1 Å². The zero-order valence-corrected chi connectivity index (χ0v) is 19.6. The van der Waals surface area contributed by atoms with E-state index >= 15 is 0 Å². The highest BCUT2D eigenvalue weighted by Crippen LogP contribution is 2.39. The van der Waals surface area contributed by atoms with Gasteiger partial charge in [-0.2, -0.15) is 0 Å². The second kappa shape index (κ2) is 9.95. The van der Waals surface area contributed by atoms with Crippen molar-refractivity contribution in [2.45, 2.75) is 11.4 Å². The van der Waals surface area contributed by atoms with Gasteiger partial charge in [0, 0.05) is 57.9 Å². The molecule has 0 aromatic heterocycles. The third-order valence-electron chi connectivity index (χ3n) is 5.44. The Labute approximate surface area is 195 Å². The molecule has 33 heavy (non-hydrogen) atoms. The lowest BCUT2D eigenvalue weighted by Crippen LogP contribution is -2.29. The van der Waals surface area contributed by atoms with Crippen molar-refractivity contribution in [2.75, 3.05) is 38.5 Å². The minimum absolute atomic E-state index is 0.190. The van der Waals surface area contributed by atoms with E-state index in [4.69, 9.17) is 14.2 Å². The number of rotatable bonds is 7. The molecule has 0 saturated carbocycles. The Hall–Kier alpha value is -3.52. The summed E-state index contributed by atoms with van der Waals surface area (Å²) >= 11 is 0. The van der Waals surface area contributed by atoms with Gasteiger partial charge in [-0.05, 0) is 35.9 Å². The van der Waals surface area contributed by atoms with E-state index in [1.165, 1.54) is 0 Å². The van der Waals surface area contributed by atoms with E-state index in [-0.39, 0.29) is 5.91 Å². The van der Waals surface area contributed by atoms with Gasteiger partial charge in [-0.15, -0.1) is 0 Å². The number of methoxy groups -OCH3 is 2. The molecule has 1 heterocycles. The summed E-state index contributed by atoms with van der Waals surface area (Å²) in [4.78, 5) is 15.6. The minimum Gasteiger partial charge on any atom is -0.497 e. The third-order valence-corrected chi connectivity index (χ3v) is 6.38. The van der Waals surface area contributed by atoms with Crippen LogP contribution < -0.4 is 24.4 Å². The molecule has 1 unspecified atom stereocenters. The number of nitrogens with zero attached hydrogens (tertiary/aromatic N) is 1. The van der Waals surface area contributed by atoms with Crippen LogP contribution in [-0.2, 0) is 17.3 Å². The van der Waals surface area contributed by atoms with Gasteiger partial charge < -0.3 is 24.4 Å². The average molecular weight is 467 g/mol. The fourth-order valence-electron chi connectivity index (χ4n) is 3.66. The number of benzene rings is 3. The number of anilines is 2. The molecule has 3 aromatic carbocycles. The van der Waals surface area contributed by atoms with Gasteiger partial charge in [0.25, 0.3) is 5.91 Å². The first kappa shape index (κ1) is 22.7. The van der Waals surface area contributed by atoms with E-state index in [0.29, 0.717) is 42.5 Å². The largest absolute Gasteiger partial charge is 0.497 e. The number of hydrogen-bond acceptors (Lipinski definition) is 6. The van der Waals surface area contributed by atoms with Crippen LogP contribution in [0.2, 0.25) is 0 Å². The molecule has 8 heteroatoms. The van der Waals surface area contributed by atoms with Crippen LogP contribution in [0.15, 0.2) is 65.6 Å². The van der Waals surface area contributed by atoms with Crippen LogP contribution in [0.3, 0.4) is 0 Å². The van der Waals surface area contributed by atoms with Gasteiger partial charge >= 0.3 is 0 Å². The highest BCUT2D eigenvalue weighted by Gasteiger charge is 2.22. The van der Waals surface area contributed by atoms with Crippen molar-refractivity contribution in [1.82, 2.24) is 5.32 Å². The van der Waals surface area contributed by atoms with Gasteiger partial charge in [0.15, 0.2) is 0 Å². The van der Waals surface area contributed by atoms with Crippen molar-refractivity contribution in [3.8, 4) is 17.2 Å². The number of carbonyl (C=O) groups excluding carboxylic acids is 1. The lowest BCUT2D eigenvalue weighted by atomic mass is 10.1. The van der Waals surface area contributed by atoms with Crippen molar-refractivity contribution >= 4 is 28.1 Å². The summed E-state index contributed by atoms with van der Waals surface area (Å²) in [6, 6.07) is 18.5. The van der Waals surface area contributed by atoms with Crippen LogP contribution in [-0.4, -0.2) is 43.7 Å². The van der Waals surface area contributed by atoms with Crippen molar-refractivity contribution in [2.24, 2.45) is 0 Å². The summed E-state index contributed by atoms with van der Waals surface area (Å²) in [5.41, 5.74) is 3.25. The molecule has 0 saturated heterocycles. The molecule has 0 radical (unpaired) electrons. The topological polar surface area (TPSA) is 77.1 Å². The summed E-state index contributed by atoms with van der Waals surface area (Å²) in [5, 5.41) is 2.93. The quantitative estimate of drug-likeness (QED) is 0.569. The molecule has 0 aliphatic carbocycles. The molecule has 1 aliphatic heterocycles. The SMILES string of the molecule is COc1cc(OC)cc(N2CCOc3cc(C(=O)NCc4ccc(S(C)=O)cc4)ccc32)c1. The third kappa shape index (κ3) is 5.12. The summed E-state index contributed by atoms with van der Waals surface area (Å²) in [6.07, 6.45) is 1.64. The Bertz CT molecular complexity index is 1160. The first-order chi connectivity index (χ1) is 16.0. The van der Waals surface area contributed by atoms with Crippen LogP contribution in [0.25, 0.3) is 0 Å². The molecule has 0 bridgehead atoms. The fourth-order valence-corrected chi connectivity index (χ4v) is 4.18. The molecular formula is C25H26N2O5S. The molecule has 1 atom stereocenters. The van der Waals surface area contributed by atoms with Crippen molar-refractivity contribution < 1.29 is 23.2 Å². The lowest BCUT2D eigenvalue weighted by Gasteiger charge is -2.32. The van der Waals surface area contributed by atoms with Crippen LogP contribution in [0.5, 0.6) is 17.2 Å². The minimum atomic E-state index is -1.02. The van der Waals surface area contributed by atoms with Crippen molar-refractivity contribution in [3.63, 3.8) is 0 Å². The van der Waals surface area contributed by atoms with Crippen LogP contribution in [0.4, 0.5) is 11.4 Å². The highest BCUT2D eigenvalue weighted by molar-refractivity contribution is 7.84. The average Bonchev–Trinajstić information content (AvgIpc) is 2.86. The van der Waals surface area contributed by atoms with Gasteiger partial charge in [0.2, 0.25) is 0 Å². The molecule has 0 spiro atoms. The second-order valence-electron chi connectivity index (χ2n) is 7.53. The fraction of sp³-hybridized carbons (Fsp3) is 0.240. The number of amides is 1. The monoisotopic (exact) mass is 466 g/mol. The first-order valence-electron chi connectivity index (χ1n) is 10.5. The predicted molar refractivity (Wildman–Crippen MR) is 128 cm³/mol. The standard InChI is InChI=1S/C25H26N2O5S/c1-30-20-13-19(14-21(15-20)31-2)27-10-11-32-24-12-18(6-9-23(24)27)25(28)26-16-17-4-7-22(8-5-17)33(3)29/h4-9,12-15H,10-11,16H2,1-3H3,(H,26,28). The maximum atomic E-state index is 12.7. The second-order valence-corrected chi connectivity index (χ2v) is 8.91. The van der Waals surface area contributed by atoms with Crippen molar-refractivity contribution in [3.05, 3.63) is 71.8 Å². The molecule has 1 N–H and O–H groups in total. The highest BCUT2D eigenvalue weighted by atomic mass is 32.2.